The van der Waals surface area contributed by atoms with Crippen molar-refractivity contribution in [1.82, 2.24) is 0 Å². The van der Waals surface area contributed by atoms with Crippen LogP contribution >= 0.6 is 34.8 Å². The highest BCUT2D eigenvalue weighted by atomic mass is 35.5. The van der Waals surface area contributed by atoms with Crippen LogP contribution in [0.15, 0.2) is 12.1 Å². The summed E-state index contributed by atoms with van der Waals surface area (Å²) in [4.78, 5) is 11.6. The van der Waals surface area contributed by atoms with Gasteiger partial charge in [0.05, 0.1) is 26.7 Å². The molecule has 0 fully saturated rings. The van der Waals surface area contributed by atoms with E-state index in [1.807, 2.05) is 13.8 Å². The molecular weight excluding hydrogens is 270 g/mol. The second kappa shape index (κ2) is 5.76. The van der Waals surface area contributed by atoms with E-state index < -0.39 is 5.97 Å². The van der Waals surface area contributed by atoms with Gasteiger partial charge in [-0.25, -0.2) is 4.79 Å². The topological polar surface area (TPSA) is 26.3 Å². The lowest BCUT2D eigenvalue weighted by Gasteiger charge is -2.11. The number of esters is 1. The number of halogens is 3. The van der Waals surface area contributed by atoms with Crippen molar-refractivity contribution in [2.45, 2.75) is 26.4 Å². The van der Waals surface area contributed by atoms with Crippen molar-refractivity contribution < 1.29 is 9.53 Å². The van der Waals surface area contributed by atoms with E-state index in [-0.39, 0.29) is 21.2 Å². The summed E-state index contributed by atoms with van der Waals surface area (Å²) in [7, 11) is 0. The Balaban J connectivity index is 2.93. The second-order valence-corrected chi connectivity index (χ2v) is 4.57. The minimum Gasteiger partial charge on any atom is -0.459 e. The van der Waals surface area contributed by atoms with Gasteiger partial charge in [-0.15, -0.1) is 0 Å². The number of carbonyl (C=O) groups excluding carboxylic acids is 1. The molecule has 0 saturated heterocycles. The fourth-order valence-corrected chi connectivity index (χ4v) is 1.60. The van der Waals surface area contributed by atoms with Gasteiger partial charge in [-0.2, -0.15) is 0 Å². The van der Waals surface area contributed by atoms with Crippen LogP contribution in [0.3, 0.4) is 0 Å². The van der Waals surface area contributed by atoms with Gasteiger partial charge in [-0.3, -0.25) is 0 Å². The highest BCUT2D eigenvalue weighted by molar-refractivity contribution is 6.48. The van der Waals surface area contributed by atoms with E-state index in [0.29, 0.717) is 5.56 Å². The molecule has 0 radical (unpaired) electrons. The summed E-state index contributed by atoms with van der Waals surface area (Å²) in [5.41, 5.74) is 0.305. The third-order valence-electron chi connectivity index (χ3n) is 2.10. The van der Waals surface area contributed by atoms with E-state index in [9.17, 15) is 4.79 Å². The highest BCUT2D eigenvalue weighted by Gasteiger charge is 2.14. The zero-order valence-corrected chi connectivity index (χ0v) is 11.2. The zero-order valence-electron chi connectivity index (χ0n) is 8.89. The lowest BCUT2D eigenvalue weighted by atomic mass is 10.2. The van der Waals surface area contributed by atoms with Crippen LogP contribution in [0.25, 0.3) is 0 Å². The van der Waals surface area contributed by atoms with Gasteiger partial charge in [-0.05, 0) is 25.5 Å². The van der Waals surface area contributed by atoms with E-state index in [2.05, 4.69) is 0 Å². The van der Waals surface area contributed by atoms with E-state index >= 15 is 0 Å². The Bertz CT molecular complexity index is 381. The molecule has 1 unspecified atom stereocenters. The smallest absolute Gasteiger partial charge is 0.338 e. The van der Waals surface area contributed by atoms with Gasteiger partial charge in [-0.1, -0.05) is 41.7 Å². The number of benzene rings is 1. The summed E-state index contributed by atoms with van der Waals surface area (Å²) < 4.78 is 5.14. The van der Waals surface area contributed by atoms with E-state index in [1.165, 1.54) is 12.1 Å². The molecule has 88 valence electrons. The molecule has 0 aromatic heterocycles. The maximum atomic E-state index is 11.6. The maximum Gasteiger partial charge on any atom is 0.338 e. The summed E-state index contributed by atoms with van der Waals surface area (Å²) in [5.74, 6) is -0.449. The fraction of sp³-hybridized carbons (Fsp3) is 0.364. The zero-order chi connectivity index (χ0) is 12.3. The highest BCUT2D eigenvalue weighted by Crippen LogP contribution is 2.31. The summed E-state index contributed by atoms with van der Waals surface area (Å²) in [5, 5.41) is 0.721. The molecule has 0 aliphatic rings. The third-order valence-corrected chi connectivity index (χ3v) is 3.30. The second-order valence-electron chi connectivity index (χ2n) is 3.38. The van der Waals surface area contributed by atoms with Gasteiger partial charge < -0.3 is 4.74 Å². The predicted octanol–water partition coefficient (Wildman–Crippen LogP) is 4.60. The van der Waals surface area contributed by atoms with Crippen molar-refractivity contribution in [3.05, 3.63) is 32.8 Å². The van der Waals surface area contributed by atoms with Crippen LogP contribution < -0.4 is 0 Å². The van der Waals surface area contributed by atoms with E-state index in [4.69, 9.17) is 39.5 Å². The Kier molecular flexibility index (Phi) is 4.90. The first-order valence-electron chi connectivity index (χ1n) is 4.81. The summed E-state index contributed by atoms with van der Waals surface area (Å²) in [6.07, 6.45) is 0.613. The first kappa shape index (κ1) is 13.6. The average Bonchev–Trinajstić information content (AvgIpc) is 2.24. The van der Waals surface area contributed by atoms with Crippen LogP contribution in [-0.2, 0) is 4.74 Å². The molecule has 2 nitrogen and oxygen atoms in total. The maximum absolute atomic E-state index is 11.6. The van der Waals surface area contributed by atoms with Crippen molar-refractivity contribution in [1.29, 1.82) is 0 Å². The van der Waals surface area contributed by atoms with Gasteiger partial charge in [0, 0.05) is 0 Å². The first-order chi connectivity index (χ1) is 7.45. The summed E-state index contributed by atoms with van der Waals surface area (Å²) in [6, 6.07) is 2.89. The molecule has 1 aromatic rings. The molecule has 1 rings (SSSR count). The van der Waals surface area contributed by atoms with Crippen molar-refractivity contribution in [3.8, 4) is 0 Å². The molecule has 0 aliphatic heterocycles. The molecule has 1 atom stereocenters. The SMILES string of the molecule is CCC(C)OC(=O)c1cc(Cl)c(Cl)c(Cl)c1. The number of ether oxygens (including phenoxy) is 1. The van der Waals surface area contributed by atoms with Gasteiger partial charge in [0.25, 0.3) is 0 Å². The molecule has 1 aromatic carbocycles. The lowest BCUT2D eigenvalue weighted by Crippen LogP contribution is -2.14. The predicted molar refractivity (Wildman–Crippen MR) is 66.6 cm³/mol. The number of rotatable bonds is 3. The molecule has 0 N–H and O–H groups in total. The van der Waals surface area contributed by atoms with Crippen LogP contribution in [0.2, 0.25) is 15.1 Å². The van der Waals surface area contributed by atoms with E-state index in [0.717, 1.165) is 6.42 Å². The van der Waals surface area contributed by atoms with Gasteiger partial charge >= 0.3 is 5.97 Å². The molecule has 0 spiro atoms. The monoisotopic (exact) mass is 280 g/mol. The van der Waals surface area contributed by atoms with Crippen molar-refractivity contribution >= 4 is 40.8 Å². The largest absolute Gasteiger partial charge is 0.459 e. The van der Waals surface area contributed by atoms with Crippen LogP contribution in [0, 0.1) is 0 Å². The Hall–Kier alpha value is -0.440. The van der Waals surface area contributed by atoms with Gasteiger partial charge in [0.2, 0.25) is 0 Å². The van der Waals surface area contributed by atoms with Crippen molar-refractivity contribution in [2.24, 2.45) is 0 Å². The number of hydrogen-bond donors (Lipinski definition) is 0. The van der Waals surface area contributed by atoms with E-state index in [1.54, 1.807) is 0 Å². The lowest BCUT2D eigenvalue weighted by molar-refractivity contribution is 0.0334. The molecule has 0 bridgehead atoms. The standard InChI is InChI=1S/C11H11Cl3O2/c1-3-6(2)16-11(15)7-4-8(12)10(14)9(13)5-7/h4-6H,3H2,1-2H3. The number of carbonyl (C=O) groups is 1. The van der Waals surface area contributed by atoms with Crippen LogP contribution in [-0.4, -0.2) is 12.1 Å². The molecule has 16 heavy (non-hydrogen) atoms. The minimum absolute atomic E-state index is 0.138. The third kappa shape index (κ3) is 3.27. The normalized spacial score (nSPS) is 12.3. The Morgan fingerprint density at radius 3 is 2.25 bits per heavy atom. The molecule has 0 saturated carbocycles. The minimum atomic E-state index is -0.449. The van der Waals surface area contributed by atoms with Crippen LogP contribution in [0.5, 0.6) is 0 Å². The van der Waals surface area contributed by atoms with Crippen LogP contribution in [0.1, 0.15) is 30.6 Å². The Labute approximate surface area is 109 Å². The fourth-order valence-electron chi connectivity index (χ4n) is 1.01. The van der Waals surface area contributed by atoms with Crippen molar-refractivity contribution in [2.75, 3.05) is 0 Å². The van der Waals surface area contributed by atoms with Gasteiger partial charge in [0.15, 0.2) is 0 Å². The molecular formula is C11H11Cl3O2. The Morgan fingerprint density at radius 1 is 1.31 bits per heavy atom. The van der Waals surface area contributed by atoms with Crippen LogP contribution in [0.4, 0.5) is 0 Å². The summed E-state index contributed by atoms with van der Waals surface area (Å²) >= 11 is 17.4. The molecule has 0 amide bonds. The molecule has 5 heteroatoms. The molecule has 0 heterocycles. The quantitative estimate of drug-likeness (QED) is 0.598. The number of hydrogen-bond acceptors (Lipinski definition) is 2. The summed E-state index contributed by atoms with van der Waals surface area (Å²) in [6.45, 7) is 3.75. The average molecular weight is 282 g/mol. The Morgan fingerprint density at radius 2 is 1.81 bits per heavy atom. The van der Waals surface area contributed by atoms with Crippen molar-refractivity contribution in [3.63, 3.8) is 0 Å². The van der Waals surface area contributed by atoms with Gasteiger partial charge in [0.1, 0.15) is 0 Å². The molecule has 0 aliphatic carbocycles. The first-order valence-corrected chi connectivity index (χ1v) is 5.94.